The highest BCUT2D eigenvalue weighted by atomic mass is 16.2. The Bertz CT molecular complexity index is 334. The van der Waals surface area contributed by atoms with Crippen molar-refractivity contribution in [3.8, 4) is 0 Å². The van der Waals surface area contributed by atoms with E-state index >= 15 is 0 Å². The van der Waals surface area contributed by atoms with Crippen molar-refractivity contribution >= 4 is 11.8 Å². The minimum Gasteiger partial charge on any atom is -0.340 e. The van der Waals surface area contributed by atoms with Gasteiger partial charge in [0, 0.05) is 65.7 Å². The fraction of sp³-hybridized carbons (Fsp3) is 0.857. The van der Waals surface area contributed by atoms with Gasteiger partial charge in [-0.1, -0.05) is 0 Å². The zero-order valence-electron chi connectivity index (χ0n) is 12.4. The number of carbonyl (C=O) groups excluding carboxylic acids is 2. The van der Waals surface area contributed by atoms with Crippen molar-refractivity contribution in [2.45, 2.75) is 19.8 Å². The molecule has 2 aliphatic rings. The van der Waals surface area contributed by atoms with Gasteiger partial charge in [0.2, 0.25) is 11.8 Å². The molecule has 6 nitrogen and oxygen atoms in total. The van der Waals surface area contributed by atoms with Gasteiger partial charge in [-0.2, -0.15) is 0 Å². The lowest BCUT2D eigenvalue weighted by Gasteiger charge is -2.34. The molecule has 20 heavy (non-hydrogen) atoms. The van der Waals surface area contributed by atoms with Crippen LogP contribution >= 0.6 is 0 Å². The molecule has 0 aliphatic carbocycles. The number of piperazine rings is 2. The van der Waals surface area contributed by atoms with Gasteiger partial charge in [0.15, 0.2) is 0 Å². The maximum Gasteiger partial charge on any atom is 0.222 e. The molecule has 0 radical (unpaired) electrons. The Morgan fingerprint density at radius 3 is 2.20 bits per heavy atom. The van der Waals surface area contributed by atoms with Crippen molar-refractivity contribution in [2.24, 2.45) is 0 Å². The fourth-order valence-electron chi connectivity index (χ4n) is 2.81. The molecule has 2 aliphatic heterocycles. The summed E-state index contributed by atoms with van der Waals surface area (Å²) in [7, 11) is 0. The minimum absolute atomic E-state index is 0.165. The van der Waals surface area contributed by atoms with Crippen LogP contribution in [0.4, 0.5) is 0 Å². The first-order valence-electron chi connectivity index (χ1n) is 7.63. The van der Waals surface area contributed by atoms with E-state index in [0.717, 1.165) is 65.3 Å². The smallest absolute Gasteiger partial charge is 0.222 e. The van der Waals surface area contributed by atoms with Crippen LogP contribution in [0.15, 0.2) is 0 Å². The van der Waals surface area contributed by atoms with Crippen molar-refractivity contribution in [3.05, 3.63) is 0 Å². The topological polar surface area (TPSA) is 55.9 Å². The molecule has 0 aromatic rings. The van der Waals surface area contributed by atoms with Crippen LogP contribution in [0.3, 0.4) is 0 Å². The van der Waals surface area contributed by atoms with Gasteiger partial charge in [-0.15, -0.1) is 0 Å². The second-order valence-corrected chi connectivity index (χ2v) is 5.58. The van der Waals surface area contributed by atoms with Gasteiger partial charge >= 0.3 is 0 Å². The molecule has 0 spiro atoms. The summed E-state index contributed by atoms with van der Waals surface area (Å²) in [5, 5.41) is 3.26. The van der Waals surface area contributed by atoms with Gasteiger partial charge in [-0.25, -0.2) is 0 Å². The van der Waals surface area contributed by atoms with E-state index in [1.165, 1.54) is 0 Å². The Hall–Kier alpha value is -1.14. The standard InChI is InChI=1S/C14H26N4O2/c1-13(19)17-11-9-16(10-12-17)6-2-3-14(20)18-7-4-15-5-8-18/h15H,2-12H2,1H3. The molecule has 0 bridgehead atoms. The highest BCUT2D eigenvalue weighted by Crippen LogP contribution is 2.05. The normalized spacial score (nSPS) is 21.1. The van der Waals surface area contributed by atoms with Crippen LogP contribution < -0.4 is 5.32 Å². The van der Waals surface area contributed by atoms with Crippen LogP contribution in [0.5, 0.6) is 0 Å². The minimum atomic E-state index is 0.165. The second kappa shape index (κ2) is 7.59. The molecule has 1 N–H and O–H groups in total. The zero-order valence-corrected chi connectivity index (χ0v) is 12.4. The third-order valence-electron chi connectivity index (χ3n) is 4.15. The highest BCUT2D eigenvalue weighted by molar-refractivity contribution is 5.76. The Morgan fingerprint density at radius 1 is 0.950 bits per heavy atom. The third-order valence-corrected chi connectivity index (χ3v) is 4.15. The van der Waals surface area contributed by atoms with Gasteiger partial charge in [0.25, 0.3) is 0 Å². The molecule has 0 aromatic carbocycles. The molecule has 0 aromatic heterocycles. The summed E-state index contributed by atoms with van der Waals surface area (Å²) in [6, 6.07) is 0. The zero-order chi connectivity index (χ0) is 14.4. The van der Waals surface area contributed by atoms with E-state index in [1.807, 2.05) is 9.80 Å². The van der Waals surface area contributed by atoms with Crippen LogP contribution in [-0.4, -0.2) is 85.4 Å². The number of hydrogen-bond donors (Lipinski definition) is 1. The maximum absolute atomic E-state index is 12.0. The van der Waals surface area contributed by atoms with Gasteiger partial charge in [-0.05, 0) is 13.0 Å². The lowest BCUT2D eigenvalue weighted by atomic mass is 10.2. The number of rotatable bonds is 4. The van der Waals surface area contributed by atoms with E-state index in [2.05, 4.69) is 10.2 Å². The second-order valence-electron chi connectivity index (χ2n) is 5.58. The summed E-state index contributed by atoms with van der Waals surface area (Å²) in [4.78, 5) is 29.4. The van der Waals surface area contributed by atoms with Gasteiger partial charge < -0.3 is 15.1 Å². The number of nitrogens with one attached hydrogen (secondary N) is 1. The largest absolute Gasteiger partial charge is 0.340 e. The predicted molar refractivity (Wildman–Crippen MR) is 77.4 cm³/mol. The average Bonchev–Trinajstić information content (AvgIpc) is 2.48. The quantitative estimate of drug-likeness (QED) is 0.745. The molecule has 2 heterocycles. The molecule has 6 heteroatoms. The van der Waals surface area contributed by atoms with Crippen LogP contribution in [0.1, 0.15) is 19.8 Å². The van der Waals surface area contributed by atoms with Crippen molar-refractivity contribution in [3.63, 3.8) is 0 Å². The number of hydrogen-bond acceptors (Lipinski definition) is 4. The molecule has 0 atom stereocenters. The lowest BCUT2D eigenvalue weighted by Crippen LogP contribution is -2.48. The van der Waals surface area contributed by atoms with Gasteiger partial charge in [-0.3, -0.25) is 14.5 Å². The molecule has 2 fully saturated rings. The SMILES string of the molecule is CC(=O)N1CCN(CCCC(=O)N2CCNCC2)CC1. The summed E-state index contributed by atoms with van der Waals surface area (Å²) in [5.41, 5.74) is 0. The van der Waals surface area contributed by atoms with Crippen molar-refractivity contribution in [2.75, 3.05) is 58.9 Å². The first kappa shape index (κ1) is 15.3. The Kier molecular flexibility index (Phi) is 5.79. The summed E-state index contributed by atoms with van der Waals surface area (Å²) in [6.45, 7) is 9.61. The average molecular weight is 282 g/mol. The monoisotopic (exact) mass is 282 g/mol. The summed E-state index contributed by atoms with van der Waals surface area (Å²) < 4.78 is 0. The van der Waals surface area contributed by atoms with Crippen molar-refractivity contribution < 1.29 is 9.59 Å². The molecular formula is C14H26N4O2. The molecule has 0 unspecified atom stereocenters. The fourth-order valence-corrected chi connectivity index (χ4v) is 2.81. The first-order valence-corrected chi connectivity index (χ1v) is 7.63. The van der Waals surface area contributed by atoms with Crippen LogP contribution in [0.25, 0.3) is 0 Å². The van der Waals surface area contributed by atoms with Crippen molar-refractivity contribution in [1.82, 2.24) is 20.0 Å². The number of amides is 2. The van der Waals surface area contributed by atoms with Crippen LogP contribution in [0, 0.1) is 0 Å². The van der Waals surface area contributed by atoms with Crippen molar-refractivity contribution in [1.29, 1.82) is 0 Å². The number of carbonyl (C=O) groups is 2. The van der Waals surface area contributed by atoms with E-state index in [-0.39, 0.29) is 11.8 Å². The van der Waals surface area contributed by atoms with Crippen LogP contribution in [0.2, 0.25) is 0 Å². The summed E-state index contributed by atoms with van der Waals surface area (Å²) in [6.07, 6.45) is 1.57. The molecular weight excluding hydrogens is 256 g/mol. The van der Waals surface area contributed by atoms with E-state index in [9.17, 15) is 9.59 Å². The molecule has 2 amide bonds. The first-order chi connectivity index (χ1) is 9.66. The summed E-state index contributed by atoms with van der Waals surface area (Å²) in [5.74, 6) is 0.451. The Labute approximate surface area is 121 Å². The van der Waals surface area contributed by atoms with Gasteiger partial charge in [0.05, 0.1) is 0 Å². The van der Waals surface area contributed by atoms with E-state index in [4.69, 9.17) is 0 Å². The summed E-state index contributed by atoms with van der Waals surface area (Å²) >= 11 is 0. The van der Waals surface area contributed by atoms with E-state index in [1.54, 1.807) is 6.92 Å². The number of nitrogens with zero attached hydrogens (tertiary/aromatic N) is 3. The maximum atomic E-state index is 12.0. The highest BCUT2D eigenvalue weighted by Gasteiger charge is 2.19. The molecule has 114 valence electrons. The van der Waals surface area contributed by atoms with Gasteiger partial charge in [0.1, 0.15) is 0 Å². The molecule has 0 saturated carbocycles. The van der Waals surface area contributed by atoms with Crippen LogP contribution in [-0.2, 0) is 9.59 Å². The molecule has 2 rings (SSSR count). The Morgan fingerprint density at radius 2 is 1.60 bits per heavy atom. The Balaban J connectivity index is 1.59. The predicted octanol–water partition coefficient (Wildman–Crippen LogP) is -0.637. The van der Waals surface area contributed by atoms with E-state index in [0.29, 0.717) is 6.42 Å². The van der Waals surface area contributed by atoms with E-state index < -0.39 is 0 Å². The molecule has 2 saturated heterocycles. The third kappa shape index (κ3) is 4.45. The lowest BCUT2D eigenvalue weighted by molar-refractivity contribution is -0.131.